The molecule has 0 aliphatic heterocycles. The van der Waals surface area contributed by atoms with E-state index in [9.17, 15) is 0 Å². The highest BCUT2D eigenvalue weighted by Crippen LogP contribution is 2.26. The Morgan fingerprint density at radius 3 is 2.00 bits per heavy atom. The van der Waals surface area contributed by atoms with Crippen LogP contribution in [0.2, 0.25) is 0 Å². The summed E-state index contributed by atoms with van der Waals surface area (Å²) in [6.45, 7) is 13.5. The monoisotopic (exact) mass is 279 g/mol. The fraction of sp³-hybridized carbons (Fsp3) is 0.647. The highest BCUT2D eigenvalue weighted by molar-refractivity contribution is 7.99. The number of thioether (sulfide) groups is 1. The Morgan fingerprint density at radius 1 is 1.05 bits per heavy atom. The molecule has 0 aromatic heterocycles. The second-order valence-corrected chi connectivity index (χ2v) is 8.17. The van der Waals surface area contributed by atoms with Gasteiger partial charge in [-0.25, -0.2) is 0 Å². The highest BCUT2D eigenvalue weighted by atomic mass is 32.2. The molecule has 0 heterocycles. The maximum absolute atomic E-state index is 6.28. The van der Waals surface area contributed by atoms with Gasteiger partial charge in [-0.15, -0.1) is 0 Å². The van der Waals surface area contributed by atoms with Crippen LogP contribution >= 0.6 is 11.8 Å². The van der Waals surface area contributed by atoms with Gasteiger partial charge in [0.05, 0.1) is 0 Å². The molecule has 108 valence electrons. The maximum Gasteiger partial charge on any atom is 0.0386 e. The van der Waals surface area contributed by atoms with E-state index in [0.29, 0.717) is 11.2 Å². The zero-order valence-corrected chi connectivity index (χ0v) is 14.1. The summed E-state index contributed by atoms with van der Waals surface area (Å²) >= 11 is 1.97. The van der Waals surface area contributed by atoms with E-state index in [-0.39, 0.29) is 11.5 Å². The topological polar surface area (TPSA) is 26.0 Å². The lowest BCUT2D eigenvalue weighted by Gasteiger charge is -2.21. The van der Waals surface area contributed by atoms with E-state index in [2.05, 4.69) is 65.8 Å². The summed E-state index contributed by atoms with van der Waals surface area (Å²) in [5.41, 5.74) is 9.11. The van der Waals surface area contributed by atoms with Crippen molar-refractivity contribution in [3.8, 4) is 0 Å². The van der Waals surface area contributed by atoms with Crippen molar-refractivity contribution in [1.82, 2.24) is 0 Å². The van der Waals surface area contributed by atoms with Crippen molar-refractivity contribution in [2.45, 2.75) is 58.2 Å². The summed E-state index contributed by atoms with van der Waals surface area (Å²) in [6, 6.07) is 8.94. The Hall–Kier alpha value is -0.470. The number of hydrogen-bond acceptors (Lipinski definition) is 2. The van der Waals surface area contributed by atoms with Gasteiger partial charge in [-0.2, -0.15) is 11.8 Å². The molecule has 0 aliphatic carbocycles. The molecule has 0 amide bonds. The first-order valence-corrected chi connectivity index (χ1v) is 8.24. The van der Waals surface area contributed by atoms with Gasteiger partial charge in [0, 0.05) is 17.0 Å². The average Bonchev–Trinajstić information content (AvgIpc) is 2.34. The minimum atomic E-state index is 0.139. The van der Waals surface area contributed by atoms with Crippen LogP contribution in [0.15, 0.2) is 24.3 Å². The number of benzene rings is 1. The van der Waals surface area contributed by atoms with Crippen LogP contribution in [-0.2, 0) is 5.41 Å². The third-order valence-electron chi connectivity index (χ3n) is 3.68. The lowest BCUT2D eigenvalue weighted by molar-refractivity contribution is 0.589. The predicted molar refractivity (Wildman–Crippen MR) is 88.8 cm³/mol. The van der Waals surface area contributed by atoms with Crippen molar-refractivity contribution in [3.63, 3.8) is 0 Å². The van der Waals surface area contributed by atoms with E-state index < -0.39 is 0 Å². The smallest absolute Gasteiger partial charge is 0.0386 e. The summed E-state index contributed by atoms with van der Waals surface area (Å²) < 4.78 is 0. The van der Waals surface area contributed by atoms with Crippen LogP contribution in [0, 0.1) is 5.92 Å². The summed E-state index contributed by atoms with van der Waals surface area (Å²) in [4.78, 5) is 0. The Kier molecular flexibility index (Phi) is 5.94. The first-order chi connectivity index (χ1) is 8.71. The number of hydrogen-bond donors (Lipinski definition) is 1. The molecule has 0 bridgehead atoms. The van der Waals surface area contributed by atoms with E-state index >= 15 is 0 Å². The fourth-order valence-electron chi connectivity index (χ4n) is 1.77. The summed E-state index contributed by atoms with van der Waals surface area (Å²) in [7, 11) is 0. The largest absolute Gasteiger partial charge is 0.323 e. The van der Waals surface area contributed by atoms with Crippen LogP contribution in [0.25, 0.3) is 0 Å². The van der Waals surface area contributed by atoms with E-state index in [1.165, 1.54) is 11.1 Å². The van der Waals surface area contributed by atoms with Crippen LogP contribution < -0.4 is 5.73 Å². The molecule has 2 unspecified atom stereocenters. The molecule has 2 atom stereocenters. The summed E-state index contributed by atoms with van der Waals surface area (Å²) in [5, 5.41) is 0.667. The minimum absolute atomic E-state index is 0.139. The van der Waals surface area contributed by atoms with Crippen molar-refractivity contribution in [3.05, 3.63) is 35.4 Å². The Balaban J connectivity index is 2.61. The van der Waals surface area contributed by atoms with Gasteiger partial charge in [0.1, 0.15) is 0 Å². The van der Waals surface area contributed by atoms with Crippen LogP contribution in [0.4, 0.5) is 0 Å². The molecular formula is C17H29NS. The lowest BCUT2D eigenvalue weighted by Crippen LogP contribution is -2.17. The van der Waals surface area contributed by atoms with Crippen LogP contribution in [-0.4, -0.2) is 11.0 Å². The minimum Gasteiger partial charge on any atom is -0.323 e. The summed E-state index contributed by atoms with van der Waals surface area (Å²) in [6.07, 6.45) is 0. The van der Waals surface area contributed by atoms with E-state index in [1.54, 1.807) is 0 Å². The van der Waals surface area contributed by atoms with E-state index in [1.807, 2.05) is 11.8 Å². The number of nitrogens with two attached hydrogens (primary N) is 1. The van der Waals surface area contributed by atoms with Crippen molar-refractivity contribution < 1.29 is 0 Å². The predicted octanol–water partition coefficient (Wildman–Crippen LogP) is 4.76. The molecule has 19 heavy (non-hydrogen) atoms. The molecule has 0 spiro atoms. The Labute approximate surface area is 123 Å². The molecule has 2 N–H and O–H groups in total. The van der Waals surface area contributed by atoms with E-state index in [0.717, 1.165) is 5.75 Å². The Bertz CT molecular complexity index is 375. The first-order valence-electron chi connectivity index (χ1n) is 7.19. The second-order valence-electron chi connectivity index (χ2n) is 6.76. The third kappa shape index (κ3) is 5.19. The SMILES string of the molecule is CC(C)C(C)SCC(N)c1ccc(C(C)(C)C)cc1. The van der Waals surface area contributed by atoms with Gasteiger partial charge in [-0.1, -0.05) is 65.8 Å². The van der Waals surface area contributed by atoms with E-state index in [4.69, 9.17) is 5.73 Å². The van der Waals surface area contributed by atoms with Gasteiger partial charge < -0.3 is 5.73 Å². The molecule has 0 radical (unpaired) electrons. The number of rotatable bonds is 5. The van der Waals surface area contributed by atoms with Crippen LogP contribution in [0.3, 0.4) is 0 Å². The zero-order valence-electron chi connectivity index (χ0n) is 13.2. The molecule has 0 aliphatic rings. The lowest BCUT2D eigenvalue weighted by atomic mass is 9.86. The molecular weight excluding hydrogens is 250 g/mol. The standard InChI is InChI=1S/C17H29NS/c1-12(2)13(3)19-11-16(18)14-7-9-15(10-8-14)17(4,5)6/h7-10,12-13,16H,11,18H2,1-6H3. The van der Waals surface area contributed by atoms with Gasteiger partial charge in [-0.05, 0) is 22.5 Å². The Morgan fingerprint density at radius 2 is 1.58 bits per heavy atom. The molecule has 0 saturated heterocycles. The van der Waals surface area contributed by atoms with Gasteiger partial charge in [0.25, 0.3) is 0 Å². The molecule has 1 rings (SSSR count). The average molecular weight is 279 g/mol. The van der Waals surface area contributed by atoms with Gasteiger partial charge >= 0.3 is 0 Å². The third-order valence-corrected chi connectivity index (χ3v) is 5.30. The molecule has 0 saturated carbocycles. The molecule has 2 heteroatoms. The van der Waals surface area contributed by atoms with Crippen molar-refractivity contribution >= 4 is 11.8 Å². The van der Waals surface area contributed by atoms with Crippen molar-refractivity contribution in [2.75, 3.05) is 5.75 Å². The molecule has 1 nitrogen and oxygen atoms in total. The van der Waals surface area contributed by atoms with Crippen molar-refractivity contribution in [2.24, 2.45) is 11.7 Å². The first kappa shape index (κ1) is 16.6. The zero-order chi connectivity index (χ0) is 14.6. The fourth-order valence-corrected chi connectivity index (χ4v) is 2.86. The normalized spacial score (nSPS) is 15.6. The van der Waals surface area contributed by atoms with Crippen LogP contribution in [0.1, 0.15) is 58.7 Å². The van der Waals surface area contributed by atoms with Crippen LogP contribution in [0.5, 0.6) is 0 Å². The highest BCUT2D eigenvalue weighted by Gasteiger charge is 2.15. The van der Waals surface area contributed by atoms with Gasteiger partial charge in [0.2, 0.25) is 0 Å². The maximum atomic E-state index is 6.28. The molecule has 1 aromatic carbocycles. The van der Waals surface area contributed by atoms with Crippen molar-refractivity contribution in [1.29, 1.82) is 0 Å². The second kappa shape index (κ2) is 6.81. The summed E-state index contributed by atoms with van der Waals surface area (Å²) in [5.74, 6) is 1.70. The van der Waals surface area contributed by atoms with Gasteiger partial charge in [-0.3, -0.25) is 0 Å². The van der Waals surface area contributed by atoms with Gasteiger partial charge in [0.15, 0.2) is 0 Å². The molecule has 0 fully saturated rings. The quantitative estimate of drug-likeness (QED) is 0.841. The molecule has 1 aromatic rings.